The van der Waals surface area contributed by atoms with Gasteiger partial charge in [0.1, 0.15) is 0 Å². The van der Waals surface area contributed by atoms with E-state index in [1.54, 1.807) is 0 Å². The molecule has 2 aliphatic rings. The maximum atomic E-state index is 12.2. The first-order valence-electron chi connectivity index (χ1n) is 9.61. The molecule has 132 valence electrons. The normalized spacial score (nSPS) is 22.7. The SMILES string of the molecule is C[C@@H]([NH2+]C1CCCCCCC1)C(=O)NC(=O)NC1CCCCC1. The minimum absolute atomic E-state index is 0.166. The molecule has 1 atom stereocenters. The quantitative estimate of drug-likeness (QED) is 0.741. The van der Waals surface area contributed by atoms with Crippen molar-refractivity contribution >= 4 is 11.9 Å². The Morgan fingerprint density at radius 3 is 2.04 bits per heavy atom. The molecular formula is C18H34N3O2+. The van der Waals surface area contributed by atoms with Crippen molar-refractivity contribution in [2.75, 3.05) is 0 Å². The molecule has 0 aromatic rings. The zero-order valence-electron chi connectivity index (χ0n) is 14.6. The first-order valence-corrected chi connectivity index (χ1v) is 9.61. The lowest BCUT2D eigenvalue weighted by Gasteiger charge is -2.24. The number of amides is 3. The fourth-order valence-corrected chi connectivity index (χ4v) is 3.87. The molecule has 2 rings (SSSR count). The average Bonchev–Trinajstić information content (AvgIpc) is 2.50. The van der Waals surface area contributed by atoms with E-state index in [-0.39, 0.29) is 24.0 Å². The number of quaternary nitrogens is 1. The van der Waals surface area contributed by atoms with E-state index in [1.807, 2.05) is 6.92 Å². The average molecular weight is 324 g/mol. The van der Waals surface area contributed by atoms with Gasteiger partial charge in [-0.1, -0.05) is 38.5 Å². The van der Waals surface area contributed by atoms with Gasteiger partial charge in [-0.3, -0.25) is 10.1 Å². The van der Waals surface area contributed by atoms with Crippen LogP contribution in [-0.4, -0.2) is 30.1 Å². The number of nitrogens with one attached hydrogen (secondary N) is 2. The molecule has 0 aliphatic heterocycles. The second-order valence-electron chi connectivity index (χ2n) is 7.38. The molecule has 3 amide bonds. The standard InChI is InChI=1S/C18H33N3O2/c1-14(19-15-10-6-3-2-4-7-11-15)17(22)21-18(23)20-16-12-8-5-9-13-16/h14-16,19H,2-13H2,1H3,(H2,20,21,22,23)/p+1/t14-/m1/s1. The predicted molar refractivity (Wildman–Crippen MR) is 91.0 cm³/mol. The number of hydrogen-bond donors (Lipinski definition) is 3. The van der Waals surface area contributed by atoms with Gasteiger partial charge in [-0.15, -0.1) is 0 Å². The summed E-state index contributed by atoms with van der Waals surface area (Å²) in [5.41, 5.74) is 0. The highest BCUT2D eigenvalue weighted by molar-refractivity contribution is 5.96. The highest BCUT2D eigenvalue weighted by Gasteiger charge is 2.24. The Labute approximate surface area is 140 Å². The summed E-state index contributed by atoms with van der Waals surface area (Å²) in [6.07, 6.45) is 14.5. The lowest BCUT2D eigenvalue weighted by Crippen LogP contribution is -2.96. The van der Waals surface area contributed by atoms with Gasteiger partial charge in [0.05, 0.1) is 6.04 Å². The number of carbonyl (C=O) groups excluding carboxylic acids is 2. The van der Waals surface area contributed by atoms with Crippen LogP contribution in [0.3, 0.4) is 0 Å². The summed E-state index contributed by atoms with van der Waals surface area (Å²) in [5, 5.41) is 7.63. The minimum atomic E-state index is -0.320. The van der Waals surface area contributed by atoms with Crippen LogP contribution in [-0.2, 0) is 4.79 Å². The number of carbonyl (C=O) groups is 2. The third-order valence-electron chi connectivity index (χ3n) is 5.30. The zero-order chi connectivity index (χ0) is 16.5. The third-order valence-corrected chi connectivity index (χ3v) is 5.30. The minimum Gasteiger partial charge on any atom is -0.335 e. The Morgan fingerprint density at radius 2 is 1.39 bits per heavy atom. The Balaban J connectivity index is 1.69. The maximum absolute atomic E-state index is 12.2. The number of nitrogens with two attached hydrogens (primary N) is 1. The maximum Gasteiger partial charge on any atom is 0.321 e. The van der Waals surface area contributed by atoms with Gasteiger partial charge in [-0.2, -0.15) is 0 Å². The van der Waals surface area contributed by atoms with Crippen LogP contribution < -0.4 is 16.0 Å². The summed E-state index contributed by atoms with van der Waals surface area (Å²) in [4.78, 5) is 24.2. The Hall–Kier alpha value is -1.10. The van der Waals surface area contributed by atoms with Crippen molar-refractivity contribution in [1.29, 1.82) is 0 Å². The largest absolute Gasteiger partial charge is 0.335 e. The molecule has 0 aromatic heterocycles. The van der Waals surface area contributed by atoms with E-state index in [0.717, 1.165) is 12.8 Å². The number of urea groups is 1. The van der Waals surface area contributed by atoms with E-state index < -0.39 is 0 Å². The number of hydrogen-bond acceptors (Lipinski definition) is 2. The van der Waals surface area contributed by atoms with E-state index in [0.29, 0.717) is 6.04 Å². The lowest BCUT2D eigenvalue weighted by atomic mass is 9.96. The summed E-state index contributed by atoms with van der Waals surface area (Å²) in [7, 11) is 0. The molecule has 5 nitrogen and oxygen atoms in total. The van der Waals surface area contributed by atoms with E-state index >= 15 is 0 Å². The van der Waals surface area contributed by atoms with Crippen molar-refractivity contribution in [1.82, 2.24) is 10.6 Å². The molecule has 5 heteroatoms. The molecule has 0 saturated heterocycles. The van der Waals surface area contributed by atoms with Gasteiger partial charge in [-0.25, -0.2) is 4.79 Å². The van der Waals surface area contributed by atoms with Crippen molar-refractivity contribution in [2.24, 2.45) is 0 Å². The second kappa shape index (κ2) is 9.91. The Morgan fingerprint density at radius 1 is 0.870 bits per heavy atom. The van der Waals surface area contributed by atoms with E-state index in [9.17, 15) is 9.59 Å². The van der Waals surface area contributed by atoms with E-state index in [1.165, 1.54) is 64.2 Å². The molecule has 2 aliphatic carbocycles. The van der Waals surface area contributed by atoms with Crippen LogP contribution >= 0.6 is 0 Å². The smallest absolute Gasteiger partial charge is 0.321 e. The van der Waals surface area contributed by atoms with Crippen molar-refractivity contribution in [3.05, 3.63) is 0 Å². The first kappa shape index (κ1) is 18.2. The van der Waals surface area contributed by atoms with E-state index in [4.69, 9.17) is 0 Å². The van der Waals surface area contributed by atoms with Gasteiger partial charge in [0, 0.05) is 6.04 Å². The van der Waals surface area contributed by atoms with Crippen LogP contribution in [0.2, 0.25) is 0 Å². The van der Waals surface area contributed by atoms with Gasteiger partial charge < -0.3 is 10.6 Å². The van der Waals surface area contributed by atoms with Gasteiger partial charge in [-0.05, 0) is 45.4 Å². The summed E-state index contributed by atoms with van der Waals surface area (Å²) in [6.45, 7) is 1.90. The molecule has 23 heavy (non-hydrogen) atoms. The van der Waals surface area contributed by atoms with Gasteiger partial charge in [0.2, 0.25) is 0 Å². The van der Waals surface area contributed by atoms with Crippen LogP contribution in [0.5, 0.6) is 0 Å². The summed E-state index contributed by atoms with van der Waals surface area (Å²) in [5.74, 6) is -0.166. The fourth-order valence-electron chi connectivity index (χ4n) is 3.87. The van der Waals surface area contributed by atoms with Crippen molar-refractivity contribution in [3.8, 4) is 0 Å². The lowest BCUT2D eigenvalue weighted by molar-refractivity contribution is -0.708. The molecule has 2 saturated carbocycles. The number of rotatable bonds is 4. The molecule has 0 heterocycles. The van der Waals surface area contributed by atoms with Crippen molar-refractivity contribution in [3.63, 3.8) is 0 Å². The van der Waals surface area contributed by atoms with E-state index in [2.05, 4.69) is 16.0 Å². The third kappa shape index (κ3) is 6.90. The van der Waals surface area contributed by atoms with Crippen LogP contribution in [0.1, 0.15) is 84.0 Å². The van der Waals surface area contributed by atoms with Crippen molar-refractivity contribution < 1.29 is 14.9 Å². The van der Waals surface area contributed by atoms with Crippen LogP contribution in [0, 0.1) is 0 Å². The van der Waals surface area contributed by atoms with Gasteiger partial charge >= 0.3 is 6.03 Å². The fraction of sp³-hybridized carbons (Fsp3) is 0.889. The molecule has 0 aromatic carbocycles. The Kier molecular flexibility index (Phi) is 7.86. The molecule has 4 N–H and O–H groups in total. The van der Waals surface area contributed by atoms with Gasteiger partial charge in [0.15, 0.2) is 6.04 Å². The molecular weight excluding hydrogens is 290 g/mol. The zero-order valence-corrected chi connectivity index (χ0v) is 14.6. The summed E-state index contributed by atoms with van der Waals surface area (Å²) < 4.78 is 0. The highest BCUT2D eigenvalue weighted by Crippen LogP contribution is 2.17. The monoisotopic (exact) mass is 324 g/mol. The van der Waals surface area contributed by atoms with Crippen LogP contribution in [0.15, 0.2) is 0 Å². The predicted octanol–water partition coefficient (Wildman–Crippen LogP) is 2.21. The molecule has 2 fully saturated rings. The topological polar surface area (TPSA) is 74.8 Å². The summed E-state index contributed by atoms with van der Waals surface area (Å²) >= 11 is 0. The summed E-state index contributed by atoms with van der Waals surface area (Å²) in [6, 6.07) is 0.246. The number of imide groups is 1. The van der Waals surface area contributed by atoms with Gasteiger partial charge in [0.25, 0.3) is 5.91 Å². The van der Waals surface area contributed by atoms with Crippen molar-refractivity contribution in [2.45, 2.75) is 102 Å². The first-order chi connectivity index (χ1) is 11.1. The second-order valence-corrected chi connectivity index (χ2v) is 7.38. The molecule has 0 radical (unpaired) electrons. The molecule has 0 spiro atoms. The van der Waals surface area contributed by atoms with Crippen LogP contribution in [0.4, 0.5) is 4.79 Å². The van der Waals surface area contributed by atoms with Crippen LogP contribution in [0.25, 0.3) is 0 Å². The highest BCUT2D eigenvalue weighted by atomic mass is 16.2. The molecule has 0 bridgehead atoms. The Bertz CT molecular complexity index is 372. The molecule has 0 unspecified atom stereocenters.